The molecule has 0 saturated carbocycles. The minimum absolute atomic E-state index is 0.0249. The summed E-state index contributed by atoms with van der Waals surface area (Å²) in [6, 6.07) is 32.3. The number of rotatable bonds is 17. The van der Waals surface area contributed by atoms with Crippen LogP contribution >= 0.6 is 23.4 Å². The number of carbonyl (C=O) groups excluding carboxylic acids is 1. The third kappa shape index (κ3) is 12.1. The van der Waals surface area contributed by atoms with Gasteiger partial charge in [0.1, 0.15) is 4.90 Å². The Labute approximate surface area is 392 Å². The molecule has 2 aliphatic rings. The van der Waals surface area contributed by atoms with E-state index in [4.69, 9.17) is 16.3 Å². The molecule has 2 saturated heterocycles. The van der Waals surface area contributed by atoms with Crippen LogP contribution in [0.3, 0.4) is 0 Å². The number of hydrogen-bond acceptors (Lipinski definition) is 12. The van der Waals surface area contributed by atoms with Crippen molar-refractivity contribution in [3.05, 3.63) is 137 Å². The van der Waals surface area contributed by atoms with Crippen molar-refractivity contribution in [3.8, 4) is 11.1 Å². The average Bonchev–Trinajstić information content (AvgIpc) is 3.32. The second kappa shape index (κ2) is 21.5. The lowest BCUT2D eigenvalue weighted by Crippen LogP contribution is -2.45. The van der Waals surface area contributed by atoms with Crippen molar-refractivity contribution >= 4 is 60.5 Å². The van der Waals surface area contributed by atoms with Crippen LogP contribution in [0.4, 0.5) is 24.5 Å². The Balaban J connectivity index is 1.03. The number of ether oxygens (including phenoxy) is 1. The molecule has 2 heterocycles. The van der Waals surface area contributed by atoms with Gasteiger partial charge in [0.25, 0.3) is 25.8 Å². The molecule has 5 aromatic rings. The zero-order valence-corrected chi connectivity index (χ0v) is 38.8. The molecule has 0 unspecified atom stereocenters. The van der Waals surface area contributed by atoms with Gasteiger partial charge in [0.15, 0.2) is 0 Å². The maximum Gasteiger partial charge on any atom is 0.501 e. The molecule has 5 aromatic carbocycles. The molecule has 0 spiro atoms. The number of benzene rings is 5. The molecule has 352 valence electrons. The Morgan fingerprint density at radius 1 is 0.879 bits per heavy atom. The standard InChI is InChI=1S/C47H50ClF3N4O8S3/c48-35-14-10-32(11-15-35)41-8-4-5-9-42(41)45(57)33-20-24-55(25-21-33)37-16-12-34(13-17-37)46(58)53-66(61,62)40-18-19-43(44(28-40)65(59,60)47(49,50)51)52-36(31-64-39-6-2-1-3-7-39)22-23-54-26-27-63-38(29-54)30-56/h1-19,28,33,36,38,45,52,56-57H,20-27,29-31H2,(H,53,58)/t36-,38+,45+/m1/s1. The van der Waals surface area contributed by atoms with Crippen molar-refractivity contribution in [1.29, 1.82) is 0 Å². The molecule has 0 bridgehead atoms. The fourth-order valence-electron chi connectivity index (χ4n) is 8.14. The Bertz CT molecular complexity index is 2660. The van der Waals surface area contributed by atoms with Gasteiger partial charge in [-0.05, 0) is 109 Å². The van der Waals surface area contributed by atoms with Gasteiger partial charge < -0.3 is 25.2 Å². The number of piperidine rings is 1. The van der Waals surface area contributed by atoms with E-state index in [0.29, 0.717) is 75.4 Å². The molecule has 19 heteroatoms. The lowest BCUT2D eigenvalue weighted by molar-refractivity contribution is -0.0529. The molecule has 1 amide bonds. The predicted molar refractivity (Wildman–Crippen MR) is 250 cm³/mol. The number of hydrogen-bond donors (Lipinski definition) is 4. The number of nitrogens with one attached hydrogen (secondary N) is 2. The van der Waals surface area contributed by atoms with E-state index in [0.717, 1.165) is 39.4 Å². The minimum atomic E-state index is -6.11. The van der Waals surface area contributed by atoms with E-state index in [9.17, 15) is 45.0 Å². The molecular weight excluding hydrogens is 937 g/mol. The first-order valence-electron chi connectivity index (χ1n) is 21.3. The number of aliphatic hydroxyl groups is 2. The number of aliphatic hydroxyl groups excluding tert-OH is 2. The van der Waals surface area contributed by atoms with Crippen LogP contribution in [-0.4, -0.2) is 107 Å². The summed E-state index contributed by atoms with van der Waals surface area (Å²) in [5.74, 6) is -0.793. The molecule has 12 nitrogen and oxygen atoms in total. The highest BCUT2D eigenvalue weighted by Crippen LogP contribution is 2.39. The Kier molecular flexibility index (Phi) is 16.1. The first-order valence-corrected chi connectivity index (χ1v) is 25.6. The van der Waals surface area contributed by atoms with E-state index in [1.165, 1.54) is 23.9 Å². The summed E-state index contributed by atoms with van der Waals surface area (Å²) in [4.78, 5) is 16.2. The van der Waals surface area contributed by atoms with E-state index in [1.54, 1.807) is 12.1 Å². The van der Waals surface area contributed by atoms with Gasteiger partial charge in [0, 0.05) is 65.7 Å². The largest absolute Gasteiger partial charge is 0.501 e. The number of morpholine rings is 1. The quantitative estimate of drug-likeness (QED) is 0.0665. The second-order valence-corrected chi connectivity index (χ2v) is 21.3. The Morgan fingerprint density at radius 3 is 2.24 bits per heavy atom. The third-order valence-electron chi connectivity index (χ3n) is 11.8. The zero-order chi connectivity index (χ0) is 47.1. The highest BCUT2D eigenvalue weighted by atomic mass is 35.5. The molecule has 7 rings (SSSR count). The van der Waals surface area contributed by atoms with E-state index in [1.807, 2.05) is 88.5 Å². The minimum Gasteiger partial charge on any atom is -0.394 e. The Morgan fingerprint density at radius 2 is 1.56 bits per heavy atom. The molecule has 3 atom stereocenters. The van der Waals surface area contributed by atoms with Crippen LogP contribution in [0.25, 0.3) is 11.1 Å². The van der Waals surface area contributed by atoms with Gasteiger partial charge in [-0.15, -0.1) is 11.8 Å². The third-order valence-corrected chi connectivity index (χ3v) is 16.1. The number of anilines is 2. The highest BCUT2D eigenvalue weighted by Gasteiger charge is 2.48. The van der Waals surface area contributed by atoms with Crippen molar-refractivity contribution in [1.82, 2.24) is 9.62 Å². The molecule has 66 heavy (non-hydrogen) atoms. The smallest absolute Gasteiger partial charge is 0.394 e. The molecular formula is C47H50ClF3N4O8S3. The van der Waals surface area contributed by atoms with Crippen LogP contribution in [0, 0.1) is 5.92 Å². The summed E-state index contributed by atoms with van der Waals surface area (Å²) in [7, 11) is -11.0. The molecule has 4 N–H and O–H groups in total. The SMILES string of the molecule is O=C(NS(=O)(=O)c1ccc(N[C@H](CCN2CCO[C@H](CO)C2)CSc2ccccc2)c(S(=O)(=O)C(F)(F)F)c1)c1ccc(N2CCC([C@H](O)c3ccccc3-c3ccc(Cl)cc3)CC2)cc1. The number of sulfonamides is 1. The first kappa shape index (κ1) is 49.3. The maximum atomic E-state index is 14.2. The predicted octanol–water partition coefficient (Wildman–Crippen LogP) is 8.03. The molecule has 0 radical (unpaired) electrons. The number of sulfone groups is 1. The number of alkyl halides is 3. The molecule has 0 aromatic heterocycles. The summed E-state index contributed by atoms with van der Waals surface area (Å²) < 4.78 is 103. The van der Waals surface area contributed by atoms with Crippen LogP contribution in [0.15, 0.2) is 136 Å². The summed E-state index contributed by atoms with van der Waals surface area (Å²) in [6.45, 7) is 2.83. The number of halogens is 4. The van der Waals surface area contributed by atoms with Crippen molar-refractivity contribution in [2.75, 3.05) is 61.9 Å². The van der Waals surface area contributed by atoms with Gasteiger partial charge in [-0.3, -0.25) is 9.69 Å². The van der Waals surface area contributed by atoms with Crippen LogP contribution in [-0.2, 0) is 24.6 Å². The fourth-order valence-corrected chi connectivity index (χ4v) is 11.3. The summed E-state index contributed by atoms with van der Waals surface area (Å²) in [5.41, 5.74) is -2.84. The summed E-state index contributed by atoms with van der Waals surface area (Å²) in [5, 5.41) is 24.7. The average molecular weight is 988 g/mol. The number of carbonyl (C=O) groups is 1. The van der Waals surface area contributed by atoms with E-state index < -0.39 is 65.0 Å². The lowest BCUT2D eigenvalue weighted by Gasteiger charge is -2.36. The first-order chi connectivity index (χ1) is 31.5. The van der Waals surface area contributed by atoms with E-state index >= 15 is 0 Å². The van der Waals surface area contributed by atoms with Crippen LogP contribution < -0.4 is 14.9 Å². The Hall–Kier alpha value is -4.66. The van der Waals surface area contributed by atoms with Crippen molar-refractivity contribution in [3.63, 3.8) is 0 Å². The highest BCUT2D eigenvalue weighted by molar-refractivity contribution is 7.99. The molecule has 0 aliphatic carbocycles. The van der Waals surface area contributed by atoms with E-state index in [-0.39, 0.29) is 18.1 Å². The van der Waals surface area contributed by atoms with Gasteiger partial charge in [0.05, 0.1) is 36.0 Å². The second-order valence-electron chi connectivity index (χ2n) is 16.2. The van der Waals surface area contributed by atoms with Crippen molar-refractivity contribution in [2.24, 2.45) is 5.92 Å². The molecule has 2 fully saturated rings. The van der Waals surface area contributed by atoms with Gasteiger partial charge in [-0.2, -0.15) is 13.2 Å². The van der Waals surface area contributed by atoms with Gasteiger partial charge in [-0.25, -0.2) is 21.6 Å². The summed E-state index contributed by atoms with van der Waals surface area (Å²) >= 11 is 7.50. The fraction of sp³-hybridized carbons (Fsp3) is 0.340. The van der Waals surface area contributed by atoms with Crippen LogP contribution in [0.2, 0.25) is 5.02 Å². The monoisotopic (exact) mass is 986 g/mol. The number of thioether (sulfide) groups is 1. The topological polar surface area (TPSA) is 166 Å². The van der Waals surface area contributed by atoms with E-state index in [2.05, 4.69) is 10.2 Å². The zero-order valence-electron chi connectivity index (χ0n) is 35.6. The lowest BCUT2D eigenvalue weighted by atomic mass is 9.84. The van der Waals surface area contributed by atoms with Gasteiger partial charge in [0.2, 0.25) is 0 Å². The summed E-state index contributed by atoms with van der Waals surface area (Å²) in [6.07, 6.45) is 0.585. The number of nitrogens with zero attached hydrogens (tertiary/aromatic N) is 2. The van der Waals surface area contributed by atoms with Crippen LogP contribution in [0.1, 0.15) is 41.3 Å². The normalized spacial score (nSPS) is 17.5. The van der Waals surface area contributed by atoms with Gasteiger partial charge >= 0.3 is 5.51 Å². The van der Waals surface area contributed by atoms with Crippen LogP contribution in [0.5, 0.6) is 0 Å². The van der Waals surface area contributed by atoms with Crippen molar-refractivity contribution in [2.45, 2.75) is 57.7 Å². The molecule has 2 aliphatic heterocycles. The maximum absolute atomic E-state index is 14.2. The van der Waals surface area contributed by atoms with Gasteiger partial charge in [-0.1, -0.05) is 66.2 Å². The number of amides is 1. The van der Waals surface area contributed by atoms with Crippen molar-refractivity contribution < 1.29 is 49.8 Å².